The van der Waals surface area contributed by atoms with Crippen LogP contribution < -0.4 is 10.1 Å². The Labute approximate surface area is 222 Å². The van der Waals surface area contributed by atoms with Gasteiger partial charge in [-0.05, 0) is 68.0 Å². The number of nitrogens with one attached hydrogen (secondary N) is 1. The monoisotopic (exact) mass is 564 g/mol. The molecule has 4 rings (SSSR count). The third-order valence-electron chi connectivity index (χ3n) is 5.77. The number of thiophene rings is 1. The lowest BCUT2D eigenvalue weighted by atomic mass is 9.95. The van der Waals surface area contributed by atoms with Gasteiger partial charge in [-0.1, -0.05) is 46.3 Å². The molecule has 0 fully saturated rings. The Bertz CT molecular complexity index is 1340. The number of halogens is 1. The van der Waals surface area contributed by atoms with Crippen LogP contribution in [0.1, 0.15) is 51.7 Å². The van der Waals surface area contributed by atoms with Crippen LogP contribution >= 0.6 is 27.3 Å². The van der Waals surface area contributed by atoms with Gasteiger partial charge < -0.3 is 14.8 Å². The lowest BCUT2D eigenvalue weighted by molar-refractivity contribution is -0.112. The summed E-state index contributed by atoms with van der Waals surface area (Å²) in [5.74, 6) is -0.467. The van der Waals surface area contributed by atoms with Crippen LogP contribution in [0.4, 0.5) is 5.00 Å². The quantitative estimate of drug-likeness (QED) is 0.187. The lowest BCUT2D eigenvalue weighted by Gasteiger charge is -2.12. The maximum Gasteiger partial charge on any atom is 0.341 e. The Balaban J connectivity index is 1.57. The molecule has 1 heterocycles. The number of nitrogens with zero attached hydrogens (tertiary/aromatic N) is 1. The molecule has 0 saturated carbocycles. The zero-order valence-corrected chi connectivity index (χ0v) is 22.2. The van der Waals surface area contributed by atoms with Crippen LogP contribution in [0, 0.1) is 11.3 Å². The number of nitriles is 1. The lowest BCUT2D eigenvalue weighted by Crippen LogP contribution is -2.16. The first-order valence-corrected chi connectivity index (χ1v) is 13.3. The van der Waals surface area contributed by atoms with Gasteiger partial charge in [0, 0.05) is 14.9 Å². The zero-order valence-electron chi connectivity index (χ0n) is 19.8. The molecule has 1 N–H and O–H groups in total. The maximum absolute atomic E-state index is 13.1. The molecule has 0 atom stereocenters. The van der Waals surface area contributed by atoms with Gasteiger partial charge in [0.25, 0.3) is 5.91 Å². The summed E-state index contributed by atoms with van der Waals surface area (Å²) in [6.07, 6.45) is 5.18. The standard InChI is InChI=1S/C28H25BrN2O4S/c1-2-34-28(33)25-22-8-4-6-10-24(22)36-27(25)31-26(32)20(16-30)15-19-7-3-5-9-23(19)35-17-18-11-13-21(29)14-12-18/h3,5,7,9,11-15H,2,4,6,8,10,17H2,1H3,(H,31,32). The second-order valence-electron chi connectivity index (χ2n) is 8.21. The molecule has 1 aromatic heterocycles. The summed E-state index contributed by atoms with van der Waals surface area (Å²) in [6, 6.07) is 17.0. The minimum Gasteiger partial charge on any atom is -0.488 e. The number of hydrogen-bond acceptors (Lipinski definition) is 6. The van der Waals surface area contributed by atoms with Crippen molar-refractivity contribution in [2.24, 2.45) is 0 Å². The molecule has 0 aliphatic heterocycles. The summed E-state index contributed by atoms with van der Waals surface area (Å²) in [6.45, 7) is 2.34. The summed E-state index contributed by atoms with van der Waals surface area (Å²) in [7, 11) is 0. The number of carbonyl (C=O) groups is 2. The number of carbonyl (C=O) groups excluding carboxylic acids is 2. The number of ether oxygens (including phenoxy) is 2. The molecule has 3 aromatic rings. The van der Waals surface area contributed by atoms with Crippen LogP contribution in [0.3, 0.4) is 0 Å². The normalized spacial score (nSPS) is 12.9. The molecular formula is C28H25BrN2O4S. The Morgan fingerprint density at radius 1 is 1.14 bits per heavy atom. The highest BCUT2D eigenvalue weighted by atomic mass is 79.9. The Hall–Kier alpha value is -3.41. The van der Waals surface area contributed by atoms with E-state index in [1.165, 1.54) is 17.4 Å². The predicted molar refractivity (Wildman–Crippen MR) is 144 cm³/mol. The topological polar surface area (TPSA) is 88.4 Å². The molecule has 0 saturated heterocycles. The van der Waals surface area contributed by atoms with E-state index in [9.17, 15) is 14.9 Å². The van der Waals surface area contributed by atoms with Crippen molar-refractivity contribution in [3.63, 3.8) is 0 Å². The summed E-state index contributed by atoms with van der Waals surface area (Å²) in [5, 5.41) is 13.0. The molecule has 8 heteroatoms. The number of anilines is 1. The highest BCUT2D eigenvalue weighted by Gasteiger charge is 2.27. The molecule has 36 heavy (non-hydrogen) atoms. The maximum atomic E-state index is 13.1. The average molecular weight is 565 g/mol. The fourth-order valence-electron chi connectivity index (χ4n) is 4.02. The van der Waals surface area contributed by atoms with Gasteiger partial charge in [0.15, 0.2) is 0 Å². The third-order valence-corrected chi connectivity index (χ3v) is 7.51. The minimum absolute atomic E-state index is 0.0872. The molecule has 1 aliphatic carbocycles. The van der Waals surface area contributed by atoms with E-state index in [4.69, 9.17) is 9.47 Å². The highest BCUT2D eigenvalue weighted by molar-refractivity contribution is 9.10. The first-order chi connectivity index (χ1) is 17.5. The Morgan fingerprint density at radius 3 is 2.64 bits per heavy atom. The van der Waals surface area contributed by atoms with E-state index < -0.39 is 11.9 Å². The minimum atomic E-state index is -0.579. The van der Waals surface area contributed by atoms with Crippen molar-refractivity contribution < 1.29 is 19.1 Å². The molecule has 1 amide bonds. The van der Waals surface area contributed by atoms with Crippen molar-refractivity contribution in [2.45, 2.75) is 39.2 Å². The SMILES string of the molecule is CCOC(=O)c1c(NC(=O)C(C#N)=Cc2ccccc2OCc2ccc(Br)cc2)sc2c1CCCC2. The molecule has 6 nitrogen and oxygen atoms in total. The van der Waals surface area contributed by atoms with E-state index >= 15 is 0 Å². The first kappa shape index (κ1) is 25.7. The van der Waals surface area contributed by atoms with Crippen molar-refractivity contribution in [1.29, 1.82) is 5.26 Å². The van der Waals surface area contributed by atoms with Crippen LogP contribution in [0.25, 0.3) is 6.08 Å². The number of fused-ring (bicyclic) bond motifs is 1. The van der Waals surface area contributed by atoms with Crippen molar-refractivity contribution >= 4 is 50.2 Å². The van der Waals surface area contributed by atoms with Crippen LogP contribution in [0.2, 0.25) is 0 Å². The summed E-state index contributed by atoms with van der Waals surface area (Å²) in [4.78, 5) is 26.9. The smallest absolute Gasteiger partial charge is 0.341 e. The number of rotatable bonds is 8. The van der Waals surface area contributed by atoms with E-state index in [1.54, 1.807) is 19.1 Å². The fraction of sp³-hybridized carbons (Fsp3) is 0.250. The predicted octanol–water partition coefficient (Wildman–Crippen LogP) is 6.69. The molecule has 0 radical (unpaired) electrons. The van der Waals surface area contributed by atoms with E-state index in [0.29, 0.717) is 28.5 Å². The van der Waals surface area contributed by atoms with Crippen LogP contribution in [0.5, 0.6) is 5.75 Å². The number of aryl methyl sites for hydroxylation is 1. The van der Waals surface area contributed by atoms with E-state index in [2.05, 4.69) is 21.2 Å². The zero-order chi connectivity index (χ0) is 25.5. The summed E-state index contributed by atoms with van der Waals surface area (Å²) in [5.41, 5.74) is 2.88. The van der Waals surface area contributed by atoms with E-state index in [0.717, 1.165) is 46.2 Å². The molecule has 1 aliphatic rings. The number of esters is 1. The number of benzene rings is 2. The highest BCUT2D eigenvalue weighted by Crippen LogP contribution is 2.39. The third kappa shape index (κ3) is 6.04. The largest absolute Gasteiger partial charge is 0.488 e. The van der Waals surface area contributed by atoms with Gasteiger partial charge in [-0.2, -0.15) is 5.26 Å². The van der Waals surface area contributed by atoms with Crippen LogP contribution in [0.15, 0.2) is 58.6 Å². The molecule has 0 bridgehead atoms. The average Bonchev–Trinajstić information content (AvgIpc) is 3.25. The van der Waals surface area contributed by atoms with Gasteiger partial charge in [0.2, 0.25) is 0 Å². The van der Waals surface area contributed by atoms with Crippen LogP contribution in [-0.4, -0.2) is 18.5 Å². The molecule has 0 spiro atoms. The van der Waals surface area contributed by atoms with Gasteiger partial charge in [0.05, 0.1) is 12.2 Å². The first-order valence-electron chi connectivity index (χ1n) is 11.7. The van der Waals surface area contributed by atoms with Crippen LogP contribution in [-0.2, 0) is 29.0 Å². The number of amides is 1. The Morgan fingerprint density at radius 2 is 1.89 bits per heavy atom. The van der Waals surface area contributed by atoms with Gasteiger partial charge in [-0.15, -0.1) is 11.3 Å². The summed E-state index contributed by atoms with van der Waals surface area (Å²) < 4.78 is 12.2. The van der Waals surface area contributed by atoms with Gasteiger partial charge in [-0.25, -0.2) is 4.79 Å². The number of para-hydroxylation sites is 1. The molecule has 2 aromatic carbocycles. The van der Waals surface area contributed by atoms with Crippen molar-refractivity contribution in [3.05, 3.63) is 85.7 Å². The van der Waals surface area contributed by atoms with E-state index in [1.807, 2.05) is 42.5 Å². The fourth-order valence-corrected chi connectivity index (χ4v) is 5.56. The van der Waals surface area contributed by atoms with Gasteiger partial charge in [-0.3, -0.25) is 4.79 Å². The molecular weight excluding hydrogens is 540 g/mol. The van der Waals surface area contributed by atoms with E-state index in [-0.39, 0.29) is 12.2 Å². The van der Waals surface area contributed by atoms with Crippen molar-refractivity contribution in [3.8, 4) is 11.8 Å². The molecule has 184 valence electrons. The van der Waals surface area contributed by atoms with Gasteiger partial charge >= 0.3 is 5.97 Å². The van der Waals surface area contributed by atoms with Crippen molar-refractivity contribution in [1.82, 2.24) is 0 Å². The second kappa shape index (κ2) is 12.0. The Kier molecular flexibility index (Phi) is 8.57. The van der Waals surface area contributed by atoms with Crippen molar-refractivity contribution in [2.75, 3.05) is 11.9 Å². The number of hydrogen-bond donors (Lipinski definition) is 1. The second-order valence-corrected chi connectivity index (χ2v) is 10.2. The van der Waals surface area contributed by atoms with Gasteiger partial charge in [0.1, 0.15) is 29.0 Å². The summed E-state index contributed by atoms with van der Waals surface area (Å²) >= 11 is 4.81. The molecule has 0 unspecified atom stereocenters.